The topological polar surface area (TPSA) is 81.4 Å². The zero-order valence-corrected chi connectivity index (χ0v) is 7.47. The van der Waals surface area contributed by atoms with Crippen LogP contribution in [0.15, 0.2) is 17.5 Å². The standard InChI is InChI=1S/C7H8N2O3S/c8-6(10)4-12-9-7(11)5-2-1-3-13-5/h1-3H,4H2,(H2,8,10)(H,9,11). The van der Waals surface area contributed by atoms with Crippen molar-refractivity contribution in [1.29, 1.82) is 0 Å². The Morgan fingerprint density at radius 3 is 2.92 bits per heavy atom. The third-order valence-electron chi connectivity index (χ3n) is 1.12. The summed E-state index contributed by atoms with van der Waals surface area (Å²) in [6.45, 7) is -0.322. The minimum Gasteiger partial charge on any atom is -0.368 e. The Morgan fingerprint density at radius 2 is 2.38 bits per heavy atom. The maximum Gasteiger partial charge on any atom is 0.284 e. The predicted octanol–water partition coefficient (Wildman–Crippen LogP) is -0.105. The van der Waals surface area contributed by atoms with Gasteiger partial charge in [-0.3, -0.25) is 14.4 Å². The van der Waals surface area contributed by atoms with Gasteiger partial charge in [0.15, 0.2) is 6.61 Å². The first-order valence-corrected chi connectivity index (χ1v) is 4.32. The highest BCUT2D eigenvalue weighted by atomic mass is 32.1. The van der Waals surface area contributed by atoms with E-state index in [1.165, 1.54) is 11.3 Å². The molecule has 1 aromatic rings. The van der Waals surface area contributed by atoms with Crippen molar-refractivity contribution in [2.24, 2.45) is 5.73 Å². The Hall–Kier alpha value is -1.40. The summed E-state index contributed by atoms with van der Waals surface area (Å²) in [4.78, 5) is 26.4. The molecular formula is C7H8N2O3S. The molecule has 5 nitrogen and oxygen atoms in total. The van der Waals surface area contributed by atoms with Crippen LogP contribution in [-0.2, 0) is 9.63 Å². The number of hydrogen-bond donors (Lipinski definition) is 2. The number of carbonyl (C=O) groups is 2. The maximum absolute atomic E-state index is 11.1. The molecule has 13 heavy (non-hydrogen) atoms. The molecule has 1 rings (SSSR count). The van der Waals surface area contributed by atoms with E-state index in [1.54, 1.807) is 17.5 Å². The van der Waals surface area contributed by atoms with Crippen LogP contribution in [0.1, 0.15) is 9.67 Å². The smallest absolute Gasteiger partial charge is 0.284 e. The van der Waals surface area contributed by atoms with Crippen LogP contribution in [0.4, 0.5) is 0 Å². The summed E-state index contributed by atoms with van der Waals surface area (Å²) in [5, 5.41) is 1.77. The predicted molar refractivity (Wildman–Crippen MR) is 46.9 cm³/mol. The highest BCUT2D eigenvalue weighted by Crippen LogP contribution is 2.07. The van der Waals surface area contributed by atoms with Crippen molar-refractivity contribution in [3.05, 3.63) is 22.4 Å². The van der Waals surface area contributed by atoms with Gasteiger partial charge in [-0.25, -0.2) is 5.48 Å². The van der Waals surface area contributed by atoms with Crippen molar-refractivity contribution >= 4 is 23.2 Å². The van der Waals surface area contributed by atoms with Crippen molar-refractivity contribution in [1.82, 2.24) is 5.48 Å². The number of hydrogen-bond acceptors (Lipinski definition) is 4. The molecule has 0 aliphatic heterocycles. The molecule has 6 heteroatoms. The molecule has 0 saturated carbocycles. The molecule has 1 heterocycles. The average Bonchev–Trinajstić information content (AvgIpc) is 2.55. The Kier molecular flexibility index (Phi) is 3.41. The third-order valence-corrected chi connectivity index (χ3v) is 1.99. The lowest BCUT2D eigenvalue weighted by molar-refractivity contribution is -0.124. The summed E-state index contributed by atoms with van der Waals surface area (Å²) in [7, 11) is 0. The number of hydroxylamine groups is 1. The van der Waals surface area contributed by atoms with E-state index in [0.717, 1.165) is 0 Å². The minimum absolute atomic E-state index is 0.322. The molecule has 0 atom stereocenters. The lowest BCUT2D eigenvalue weighted by atomic mass is 10.5. The SMILES string of the molecule is NC(=O)CONC(=O)c1cccs1. The van der Waals surface area contributed by atoms with E-state index in [-0.39, 0.29) is 12.5 Å². The molecule has 0 fully saturated rings. The lowest BCUT2D eigenvalue weighted by Gasteiger charge is -2.00. The molecule has 0 aliphatic carbocycles. The summed E-state index contributed by atoms with van der Waals surface area (Å²) in [6, 6.07) is 3.39. The summed E-state index contributed by atoms with van der Waals surface area (Å²) in [6.07, 6.45) is 0. The fourth-order valence-corrected chi connectivity index (χ4v) is 1.24. The fourth-order valence-electron chi connectivity index (χ4n) is 0.631. The first-order valence-electron chi connectivity index (χ1n) is 3.44. The normalized spacial score (nSPS) is 9.54. The molecule has 0 bridgehead atoms. The van der Waals surface area contributed by atoms with Crippen LogP contribution < -0.4 is 11.2 Å². The van der Waals surface area contributed by atoms with Crippen molar-refractivity contribution in [3.8, 4) is 0 Å². The summed E-state index contributed by atoms with van der Waals surface area (Å²) >= 11 is 1.28. The van der Waals surface area contributed by atoms with Gasteiger partial charge in [0.2, 0.25) is 5.91 Å². The second-order valence-electron chi connectivity index (χ2n) is 2.16. The number of carbonyl (C=O) groups excluding carboxylic acids is 2. The highest BCUT2D eigenvalue weighted by molar-refractivity contribution is 7.12. The van der Waals surface area contributed by atoms with Crippen LogP contribution in [0.2, 0.25) is 0 Å². The van der Waals surface area contributed by atoms with Gasteiger partial charge < -0.3 is 5.73 Å². The summed E-state index contributed by atoms with van der Waals surface area (Å²) in [5.41, 5.74) is 6.87. The molecule has 2 amide bonds. The molecular weight excluding hydrogens is 192 g/mol. The van der Waals surface area contributed by atoms with Gasteiger partial charge in [0.05, 0.1) is 4.88 Å². The first kappa shape index (κ1) is 9.69. The highest BCUT2D eigenvalue weighted by Gasteiger charge is 2.05. The molecule has 0 spiro atoms. The number of primary amides is 1. The first-order chi connectivity index (χ1) is 6.20. The van der Waals surface area contributed by atoms with E-state index in [1.807, 2.05) is 0 Å². The summed E-state index contributed by atoms with van der Waals surface area (Å²) < 4.78 is 0. The maximum atomic E-state index is 11.1. The lowest BCUT2D eigenvalue weighted by Crippen LogP contribution is -2.28. The van der Waals surface area contributed by atoms with Crippen LogP contribution in [0.5, 0.6) is 0 Å². The van der Waals surface area contributed by atoms with E-state index in [9.17, 15) is 9.59 Å². The minimum atomic E-state index is -0.633. The molecule has 0 aromatic carbocycles. The van der Waals surface area contributed by atoms with Crippen molar-refractivity contribution in [3.63, 3.8) is 0 Å². The zero-order valence-electron chi connectivity index (χ0n) is 6.65. The van der Waals surface area contributed by atoms with Gasteiger partial charge in [0, 0.05) is 0 Å². The van der Waals surface area contributed by atoms with E-state index in [2.05, 4.69) is 10.3 Å². The van der Waals surface area contributed by atoms with E-state index in [4.69, 9.17) is 5.73 Å². The zero-order chi connectivity index (χ0) is 9.68. The number of amides is 2. The van der Waals surface area contributed by atoms with Gasteiger partial charge >= 0.3 is 0 Å². The number of nitrogens with two attached hydrogens (primary N) is 1. The number of thiophene rings is 1. The largest absolute Gasteiger partial charge is 0.368 e. The van der Waals surface area contributed by atoms with E-state index >= 15 is 0 Å². The Bertz CT molecular complexity index is 297. The van der Waals surface area contributed by atoms with Gasteiger partial charge in [0.25, 0.3) is 5.91 Å². The summed E-state index contributed by atoms with van der Waals surface area (Å²) in [5.74, 6) is -1.01. The fraction of sp³-hybridized carbons (Fsp3) is 0.143. The quantitative estimate of drug-likeness (QED) is 0.665. The van der Waals surface area contributed by atoms with E-state index in [0.29, 0.717) is 4.88 Å². The molecule has 0 aliphatic rings. The number of rotatable bonds is 4. The van der Waals surface area contributed by atoms with Crippen LogP contribution in [0, 0.1) is 0 Å². The van der Waals surface area contributed by atoms with Crippen LogP contribution in [0.3, 0.4) is 0 Å². The monoisotopic (exact) mass is 200 g/mol. The molecule has 1 aromatic heterocycles. The van der Waals surface area contributed by atoms with Gasteiger partial charge in [-0.1, -0.05) is 6.07 Å². The van der Waals surface area contributed by atoms with Crippen LogP contribution >= 0.6 is 11.3 Å². The molecule has 0 radical (unpaired) electrons. The van der Waals surface area contributed by atoms with Crippen molar-refractivity contribution < 1.29 is 14.4 Å². The van der Waals surface area contributed by atoms with Crippen LogP contribution in [-0.4, -0.2) is 18.4 Å². The second kappa shape index (κ2) is 4.58. The van der Waals surface area contributed by atoms with Gasteiger partial charge in [-0.2, -0.15) is 0 Å². The molecule has 0 unspecified atom stereocenters. The molecule has 3 N–H and O–H groups in total. The van der Waals surface area contributed by atoms with Gasteiger partial charge in [-0.15, -0.1) is 11.3 Å². The third kappa shape index (κ3) is 3.22. The molecule has 0 saturated heterocycles. The Morgan fingerprint density at radius 1 is 1.62 bits per heavy atom. The van der Waals surface area contributed by atoms with Crippen molar-refractivity contribution in [2.75, 3.05) is 6.61 Å². The van der Waals surface area contributed by atoms with E-state index < -0.39 is 5.91 Å². The second-order valence-corrected chi connectivity index (χ2v) is 3.11. The van der Waals surface area contributed by atoms with Crippen molar-refractivity contribution in [2.45, 2.75) is 0 Å². The van der Waals surface area contributed by atoms with Gasteiger partial charge in [0.1, 0.15) is 0 Å². The Balaban J connectivity index is 2.31. The molecule has 70 valence electrons. The van der Waals surface area contributed by atoms with Crippen LogP contribution in [0.25, 0.3) is 0 Å². The Labute approximate surface area is 78.4 Å². The average molecular weight is 200 g/mol. The number of nitrogens with one attached hydrogen (secondary N) is 1. The van der Waals surface area contributed by atoms with Gasteiger partial charge in [-0.05, 0) is 11.4 Å².